The Balaban J connectivity index is 1.78. The molecule has 0 radical (unpaired) electrons. The lowest BCUT2D eigenvalue weighted by molar-refractivity contribution is -0.201. The SMILES string of the molecule is CC(=O)CC(=O)N(Cc1ccccc1)C[C@@H](OC1CCCCO1)[C@@H](C)Cc1ccccc1. The predicted molar refractivity (Wildman–Crippen MR) is 125 cm³/mol. The molecule has 2 aromatic rings. The molecule has 0 aromatic heterocycles. The van der Waals surface area contributed by atoms with Crippen LogP contribution in [0.15, 0.2) is 60.7 Å². The molecule has 3 rings (SSSR count). The lowest BCUT2D eigenvalue weighted by Gasteiger charge is -2.35. The van der Waals surface area contributed by atoms with Crippen molar-refractivity contribution in [1.82, 2.24) is 4.90 Å². The first-order valence-corrected chi connectivity index (χ1v) is 11.6. The average Bonchev–Trinajstić information content (AvgIpc) is 2.79. The van der Waals surface area contributed by atoms with Gasteiger partial charge in [0.15, 0.2) is 6.29 Å². The molecule has 3 atom stereocenters. The molecule has 5 heteroatoms. The third-order valence-corrected chi connectivity index (χ3v) is 5.87. The quantitative estimate of drug-likeness (QED) is 0.475. The van der Waals surface area contributed by atoms with Crippen molar-refractivity contribution < 1.29 is 19.1 Å². The molecule has 0 aliphatic carbocycles. The highest BCUT2D eigenvalue weighted by molar-refractivity contribution is 5.96. The van der Waals surface area contributed by atoms with E-state index in [9.17, 15) is 9.59 Å². The number of carbonyl (C=O) groups excluding carboxylic acids is 2. The number of rotatable bonds is 11. The highest BCUT2D eigenvalue weighted by Crippen LogP contribution is 2.23. The molecule has 1 saturated heterocycles. The summed E-state index contributed by atoms with van der Waals surface area (Å²) in [5.74, 6) is -0.115. The van der Waals surface area contributed by atoms with Crippen LogP contribution in [0.25, 0.3) is 0 Å². The molecule has 0 saturated carbocycles. The smallest absolute Gasteiger partial charge is 0.230 e. The van der Waals surface area contributed by atoms with Crippen LogP contribution >= 0.6 is 0 Å². The summed E-state index contributed by atoms with van der Waals surface area (Å²) in [6.45, 7) is 5.21. The van der Waals surface area contributed by atoms with E-state index in [1.54, 1.807) is 4.90 Å². The van der Waals surface area contributed by atoms with Gasteiger partial charge in [0.25, 0.3) is 0 Å². The van der Waals surface area contributed by atoms with Crippen LogP contribution in [0.5, 0.6) is 0 Å². The summed E-state index contributed by atoms with van der Waals surface area (Å²) < 4.78 is 12.3. The van der Waals surface area contributed by atoms with E-state index < -0.39 is 0 Å². The van der Waals surface area contributed by atoms with Crippen LogP contribution in [0.2, 0.25) is 0 Å². The minimum atomic E-state index is -0.242. The molecule has 5 nitrogen and oxygen atoms in total. The van der Waals surface area contributed by atoms with E-state index in [-0.39, 0.29) is 36.4 Å². The second-order valence-electron chi connectivity index (χ2n) is 8.78. The van der Waals surface area contributed by atoms with Gasteiger partial charge < -0.3 is 14.4 Å². The molecule has 1 fully saturated rings. The van der Waals surface area contributed by atoms with Gasteiger partial charge in [-0.2, -0.15) is 0 Å². The molecule has 0 bridgehead atoms. The van der Waals surface area contributed by atoms with Crippen LogP contribution in [-0.4, -0.2) is 42.1 Å². The summed E-state index contributed by atoms with van der Waals surface area (Å²) in [5, 5.41) is 0. The maximum Gasteiger partial charge on any atom is 0.230 e. The number of hydrogen-bond acceptors (Lipinski definition) is 4. The van der Waals surface area contributed by atoms with Crippen LogP contribution in [0.1, 0.15) is 50.7 Å². The topological polar surface area (TPSA) is 55.8 Å². The Hall–Kier alpha value is -2.50. The maximum atomic E-state index is 13.0. The third-order valence-electron chi connectivity index (χ3n) is 5.87. The van der Waals surface area contributed by atoms with Gasteiger partial charge in [0.05, 0.1) is 12.5 Å². The fraction of sp³-hybridized carbons (Fsp3) is 0.481. The second kappa shape index (κ2) is 12.5. The molecule has 32 heavy (non-hydrogen) atoms. The molecule has 1 aliphatic rings. The maximum absolute atomic E-state index is 13.0. The Morgan fingerprint density at radius 1 is 1.03 bits per heavy atom. The van der Waals surface area contributed by atoms with Crippen LogP contribution in [0.4, 0.5) is 0 Å². The minimum absolute atomic E-state index is 0.0907. The lowest BCUT2D eigenvalue weighted by Crippen LogP contribution is -2.44. The molecule has 1 heterocycles. The summed E-state index contributed by atoms with van der Waals surface area (Å²) in [6, 6.07) is 20.2. The van der Waals surface area contributed by atoms with Gasteiger partial charge in [0.1, 0.15) is 5.78 Å². The number of amides is 1. The van der Waals surface area contributed by atoms with Crippen molar-refractivity contribution in [1.29, 1.82) is 0 Å². The second-order valence-corrected chi connectivity index (χ2v) is 8.78. The van der Waals surface area contributed by atoms with Gasteiger partial charge in [-0.05, 0) is 49.7 Å². The van der Waals surface area contributed by atoms with Crippen molar-refractivity contribution in [3.63, 3.8) is 0 Å². The summed E-state index contributed by atoms with van der Waals surface area (Å²) >= 11 is 0. The van der Waals surface area contributed by atoms with E-state index >= 15 is 0 Å². The molecule has 1 amide bonds. The first kappa shape index (κ1) is 24.1. The summed E-state index contributed by atoms with van der Waals surface area (Å²) in [6.07, 6.45) is 3.33. The van der Waals surface area contributed by atoms with Gasteiger partial charge in [-0.25, -0.2) is 0 Å². The number of Topliss-reactive ketones (excluding diaryl/α,β-unsaturated/α-hetero) is 1. The monoisotopic (exact) mass is 437 g/mol. The molecule has 172 valence electrons. The summed E-state index contributed by atoms with van der Waals surface area (Å²) in [7, 11) is 0. The van der Waals surface area contributed by atoms with Crippen LogP contribution in [-0.2, 0) is 32.0 Å². The highest BCUT2D eigenvalue weighted by atomic mass is 16.7. The third kappa shape index (κ3) is 7.88. The van der Waals surface area contributed by atoms with Gasteiger partial charge in [-0.3, -0.25) is 9.59 Å². The van der Waals surface area contributed by atoms with Gasteiger partial charge in [0, 0.05) is 19.7 Å². The van der Waals surface area contributed by atoms with Crippen LogP contribution in [0.3, 0.4) is 0 Å². The zero-order valence-corrected chi connectivity index (χ0v) is 19.2. The lowest BCUT2D eigenvalue weighted by atomic mass is 9.95. The number of benzene rings is 2. The largest absolute Gasteiger partial charge is 0.353 e. The fourth-order valence-corrected chi connectivity index (χ4v) is 4.09. The molecule has 0 N–H and O–H groups in total. The number of ether oxygens (including phenoxy) is 2. The van der Waals surface area contributed by atoms with Gasteiger partial charge >= 0.3 is 0 Å². The van der Waals surface area contributed by atoms with Crippen molar-refractivity contribution >= 4 is 11.7 Å². The Bertz CT molecular complexity index is 833. The number of hydrogen-bond donors (Lipinski definition) is 0. The van der Waals surface area contributed by atoms with E-state index in [2.05, 4.69) is 19.1 Å². The standard InChI is InChI=1S/C27H35NO4/c1-21(17-23-11-5-3-6-12-23)25(32-27-15-9-10-16-31-27)20-28(26(30)18-22(2)29)19-24-13-7-4-8-14-24/h3-8,11-14,21,25,27H,9-10,15-20H2,1-2H3/t21-,25+,27?/m0/s1. The molecular weight excluding hydrogens is 402 g/mol. The van der Waals surface area contributed by atoms with Crippen LogP contribution < -0.4 is 0 Å². The van der Waals surface area contributed by atoms with E-state index in [4.69, 9.17) is 9.47 Å². The molecule has 2 aromatic carbocycles. The first-order chi connectivity index (χ1) is 15.5. The minimum Gasteiger partial charge on any atom is -0.353 e. The Kier molecular flexibility index (Phi) is 9.44. The Morgan fingerprint density at radius 2 is 1.69 bits per heavy atom. The zero-order valence-electron chi connectivity index (χ0n) is 19.2. The first-order valence-electron chi connectivity index (χ1n) is 11.6. The highest BCUT2D eigenvalue weighted by Gasteiger charge is 2.28. The van der Waals surface area contributed by atoms with Gasteiger partial charge in [0.2, 0.25) is 5.91 Å². The van der Waals surface area contributed by atoms with Crippen molar-refractivity contribution in [2.75, 3.05) is 13.2 Å². The molecule has 0 spiro atoms. The van der Waals surface area contributed by atoms with Gasteiger partial charge in [-0.15, -0.1) is 0 Å². The van der Waals surface area contributed by atoms with E-state index in [1.807, 2.05) is 48.5 Å². The number of carbonyl (C=O) groups is 2. The number of ketones is 1. The number of nitrogens with zero attached hydrogens (tertiary/aromatic N) is 1. The molecule has 1 unspecified atom stereocenters. The van der Waals surface area contributed by atoms with E-state index in [0.29, 0.717) is 19.7 Å². The Labute approximate surface area is 191 Å². The average molecular weight is 438 g/mol. The van der Waals surface area contributed by atoms with Crippen LogP contribution in [0, 0.1) is 5.92 Å². The fourth-order valence-electron chi connectivity index (χ4n) is 4.09. The van der Waals surface area contributed by atoms with Crippen molar-refractivity contribution in [2.45, 2.75) is 64.9 Å². The van der Waals surface area contributed by atoms with E-state index in [1.165, 1.54) is 12.5 Å². The Morgan fingerprint density at radius 3 is 2.28 bits per heavy atom. The molecular formula is C27H35NO4. The normalized spacial score (nSPS) is 18.0. The zero-order chi connectivity index (χ0) is 22.8. The van der Waals surface area contributed by atoms with Crippen molar-refractivity contribution in [2.24, 2.45) is 5.92 Å². The summed E-state index contributed by atoms with van der Waals surface area (Å²) in [4.78, 5) is 26.4. The predicted octanol–water partition coefficient (Wildman–Crippen LogP) is 4.78. The van der Waals surface area contributed by atoms with Crippen molar-refractivity contribution in [3.05, 3.63) is 71.8 Å². The van der Waals surface area contributed by atoms with E-state index in [0.717, 1.165) is 31.2 Å². The molecule has 1 aliphatic heterocycles. The van der Waals surface area contributed by atoms with Crippen molar-refractivity contribution in [3.8, 4) is 0 Å². The van der Waals surface area contributed by atoms with Gasteiger partial charge in [-0.1, -0.05) is 67.6 Å². The summed E-state index contributed by atoms with van der Waals surface area (Å²) in [5.41, 5.74) is 2.27.